The predicted molar refractivity (Wildman–Crippen MR) is 119 cm³/mol. The molecule has 2 N–H and O–H groups in total. The Morgan fingerprint density at radius 3 is 1.33 bits per heavy atom. The number of hydrogen-bond donors (Lipinski definition) is 2. The van der Waals surface area contributed by atoms with Gasteiger partial charge in [0.05, 0.1) is 0 Å². The van der Waals surface area contributed by atoms with Gasteiger partial charge in [0.15, 0.2) is 0 Å². The topological polar surface area (TPSA) is 59.6 Å². The molecule has 0 fully saturated rings. The van der Waals surface area contributed by atoms with Gasteiger partial charge in [0, 0.05) is 23.5 Å². The molecule has 0 heterocycles. The Bertz CT molecular complexity index is 1030. The van der Waals surface area contributed by atoms with Gasteiger partial charge in [-0.3, -0.25) is 0 Å². The molecule has 0 atom stereocenters. The van der Waals surface area contributed by atoms with Gasteiger partial charge in [0.2, 0.25) is 0 Å². The van der Waals surface area contributed by atoms with Gasteiger partial charge in [-0.05, 0) is 48.5 Å². The molecule has 0 spiro atoms. The van der Waals surface area contributed by atoms with Crippen LogP contribution in [0.5, 0.6) is 23.0 Å². The van der Waals surface area contributed by atoms with Crippen LogP contribution in [0.4, 0.5) is 16.2 Å². The van der Waals surface area contributed by atoms with Crippen molar-refractivity contribution >= 4 is 17.4 Å². The number of ether oxygens (including phenoxy) is 2. The third-order valence-electron chi connectivity index (χ3n) is 4.14. The molecule has 0 bridgehead atoms. The minimum atomic E-state index is -0.358. The zero-order chi connectivity index (χ0) is 20.6. The standard InChI is InChI=1S/C25H20N2O3/c28-25(26-19-9-7-15-23(17-19)29-21-11-3-1-4-12-21)27-20-10-8-16-24(18-20)30-22-13-5-2-6-14-22/h1-18H,(H2,26,27,28). The van der Waals surface area contributed by atoms with Gasteiger partial charge >= 0.3 is 6.03 Å². The highest BCUT2D eigenvalue weighted by atomic mass is 16.5. The lowest BCUT2D eigenvalue weighted by Crippen LogP contribution is -2.19. The summed E-state index contributed by atoms with van der Waals surface area (Å²) >= 11 is 0. The van der Waals surface area contributed by atoms with Crippen molar-refractivity contribution in [2.24, 2.45) is 0 Å². The molecule has 4 aromatic carbocycles. The predicted octanol–water partition coefficient (Wildman–Crippen LogP) is 6.92. The van der Waals surface area contributed by atoms with E-state index in [2.05, 4.69) is 10.6 Å². The Hall–Kier alpha value is -4.25. The van der Waals surface area contributed by atoms with Crippen LogP contribution in [0.25, 0.3) is 0 Å². The zero-order valence-corrected chi connectivity index (χ0v) is 16.1. The Morgan fingerprint density at radius 1 is 0.500 bits per heavy atom. The Morgan fingerprint density at radius 2 is 0.900 bits per heavy atom. The molecule has 0 saturated carbocycles. The second-order valence-electron chi connectivity index (χ2n) is 6.47. The monoisotopic (exact) mass is 396 g/mol. The zero-order valence-electron chi connectivity index (χ0n) is 16.1. The number of amides is 2. The second-order valence-corrected chi connectivity index (χ2v) is 6.47. The van der Waals surface area contributed by atoms with Crippen molar-refractivity contribution in [1.29, 1.82) is 0 Å². The van der Waals surface area contributed by atoms with Gasteiger partial charge in [0.25, 0.3) is 0 Å². The summed E-state index contributed by atoms with van der Waals surface area (Å²) in [6.07, 6.45) is 0. The Labute approximate surface area is 174 Å². The quantitative estimate of drug-likeness (QED) is 0.372. The number of para-hydroxylation sites is 2. The number of carbonyl (C=O) groups is 1. The molecule has 148 valence electrons. The van der Waals surface area contributed by atoms with Crippen LogP contribution in [0.1, 0.15) is 0 Å². The van der Waals surface area contributed by atoms with E-state index in [4.69, 9.17) is 9.47 Å². The lowest BCUT2D eigenvalue weighted by molar-refractivity contribution is 0.262. The first kappa shape index (κ1) is 19.1. The minimum absolute atomic E-state index is 0.358. The van der Waals surface area contributed by atoms with Crippen LogP contribution >= 0.6 is 0 Å². The lowest BCUT2D eigenvalue weighted by Gasteiger charge is -2.11. The lowest BCUT2D eigenvalue weighted by atomic mass is 10.3. The van der Waals surface area contributed by atoms with Crippen molar-refractivity contribution in [3.05, 3.63) is 109 Å². The maximum Gasteiger partial charge on any atom is 0.323 e. The Kier molecular flexibility index (Phi) is 5.91. The van der Waals surface area contributed by atoms with Gasteiger partial charge in [-0.2, -0.15) is 0 Å². The summed E-state index contributed by atoms with van der Waals surface area (Å²) < 4.78 is 11.6. The first-order chi connectivity index (χ1) is 14.7. The number of hydrogen-bond acceptors (Lipinski definition) is 3. The van der Waals surface area contributed by atoms with Gasteiger partial charge in [-0.1, -0.05) is 48.5 Å². The molecule has 0 aliphatic carbocycles. The summed E-state index contributed by atoms with van der Waals surface area (Å²) in [4.78, 5) is 12.4. The van der Waals surface area contributed by atoms with Crippen molar-refractivity contribution in [3.8, 4) is 23.0 Å². The number of benzene rings is 4. The van der Waals surface area contributed by atoms with E-state index in [0.717, 1.165) is 11.5 Å². The average molecular weight is 396 g/mol. The van der Waals surface area contributed by atoms with Crippen LogP contribution in [-0.2, 0) is 0 Å². The van der Waals surface area contributed by atoms with Crippen molar-refractivity contribution in [2.75, 3.05) is 10.6 Å². The molecule has 0 aliphatic heterocycles. The number of carbonyl (C=O) groups excluding carboxylic acids is 1. The number of nitrogens with one attached hydrogen (secondary N) is 2. The molecule has 5 heteroatoms. The van der Waals surface area contributed by atoms with E-state index in [1.807, 2.05) is 84.9 Å². The summed E-state index contributed by atoms with van der Waals surface area (Å²) in [7, 11) is 0. The molecule has 5 nitrogen and oxygen atoms in total. The van der Waals surface area contributed by atoms with Crippen LogP contribution in [-0.4, -0.2) is 6.03 Å². The van der Waals surface area contributed by atoms with E-state index in [1.54, 1.807) is 24.3 Å². The van der Waals surface area contributed by atoms with E-state index in [1.165, 1.54) is 0 Å². The first-order valence-electron chi connectivity index (χ1n) is 9.48. The summed E-state index contributed by atoms with van der Waals surface area (Å²) in [5.74, 6) is 2.73. The number of rotatable bonds is 6. The summed E-state index contributed by atoms with van der Waals surface area (Å²) in [6, 6.07) is 33.0. The highest BCUT2D eigenvalue weighted by Gasteiger charge is 2.06. The molecule has 4 rings (SSSR count). The summed E-state index contributed by atoms with van der Waals surface area (Å²) in [6.45, 7) is 0. The summed E-state index contributed by atoms with van der Waals surface area (Å²) in [5.41, 5.74) is 1.25. The molecule has 0 radical (unpaired) electrons. The molecular formula is C25H20N2O3. The first-order valence-corrected chi connectivity index (χ1v) is 9.48. The number of anilines is 2. The third-order valence-corrected chi connectivity index (χ3v) is 4.14. The van der Waals surface area contributed by atoms with Gasteiger partial charge < -0.3 is 20.1 Å². The normalized spacial score (nSPS) is 10.1. The third kappa shape index (κ3) is 5.39. The van der Waals surface area contributed by atoms with E-state index in [-0.39, 0.29) is 6.03 Å². The Balaban J connectivity index is 1.38. The summed E-state index contributed by atoms with van der Waals surface area (Å²) in [5, 5.41) is 5.63. The highest BCUT2D eigenvalue weighted by molar-refractivity contribution is 5.99. The van der Waals surface area contributed by atoms with Gasteiger partial charge in [0.1, 0.15) is 23.0 Å². The molecule has 2 amide bonds. The fourth-order valence-electron chi connectivity index (χ4n) is 2.82. The van der Waals surface area contributed by atoms with Crippen LogP contribution in [0, 0.1) is 0 Å². The highest BCUT2D eigenvalue weighted by Crippen LogP contribution is 2.25. The van der Waals surface area contributed by atoms with Crippen molar-refractivity contribution in [3.63, 3.8) is 0 Å². The van der Waals surface area contributed by atoms with E-state index in [9.17, 15) is 4.79 Å². The molecule has 0 unspecified atom stereocenters. The molecule has 30 heavy (non-hydrogen) atoms. The van der Waals surface area contributed by atoms with Crippen LogP contribution in [0.15, 0.2) is 109 Å². The van der Waals surface area contributed by atoms with E-state index in [0.29, 0.717) is 22.9 Å². The van der Waals surface area contributed by atoms with Crippen LogP contribution < -0.4 is 20.1 Å². The van der Waals surface area contributed by atoms with Gasteiger partial charge in [-0.15, -0.1) is 0 Å². The molecule has 4 aromatic rings. The molecule has 0 aromatic heterocycles. The van der Waals surface area contributed by atoms with Crippen molar-refractivity contribution < 1.29 is 14.3 Å². The van der Waals surface area contributed by atoms with Crippen molar-refractivity contribution in [1.82, 2.24) is 0 Å². The molecule has 0 aliphatic rings. The fourth-order valence-corrected chi connectivity index (χ4v) is 2.82. The maximum atomic E-state index is 12.4. The van der Waals surface area contributed by atoms with Crippen LogP contribution in [0.2, 0.25) is 0 Å². The number of urea groups is 1. The van der Waals surface area contributed by atoms with Gasteiger partial charge in [-0.25, -0.2) is 4.79 Å². The van der Waals surface area contributed by atoms with Crippen LogP contribution in [0.3, 0.4) is 0 Å². The molecule has 0 saturated heterocycles. The maximum absolute atomic E-state index is 12.4. The second kappa shape index (κ2) is 9.30. The molecular weight excluding hydrogens is 376 g/mol. The fraction of sp³-hybridized carbons (Fsp3) is 0. The SMILES string of the molecule is O=C(Nc1cccc(Oc2ccccc2)c1)Nc1cccc(Oc2ccccc2)c1. The average Bonchev–Trinajstić information content (AvgIpc) is 2.76. The van der Waals surface area contributed by atoms with E-state index < -0.39 is 0 Å². The largest absolute Gasteiger partial charge is 0.457 e. The minimum Gasteiger partial charge on any atom is -0.457 e. The smallest absolute Gasteiger partial charge is 0.323 e. The van der Waals surface area contributed by atoms with Crippen molar-refractivity contribution in [2.45, 2.75) is 0 Å². The van der Waals surface area contributed by atoms with E-state index >= 15 is 0 Å².